The second-order valence-corrected chi connectivity index (χ2v) is 8.17. The Morgan fingerprint density at radius 2 is 1.93 bits per heavy atom. The lowest BCUT2D eigenvalue weighted by molar-refractivity contribution is -0.117. The van der Waals surface area contributed by atoms with Gasteiger partial charge in [-0.3, -0.25) is 4.79 Å². The SMILES string of the molecule is CCCCOc1ccc(-c2noc(C3CC(=O)N(c4ccc(SC)cc4)C3)n2)cc1. The summed E-state index contributed by atoms with van der Waals surface area (Å²) < 4.78 is 11.2. The first kappa shape index (κ1) is 20.5. The molecular weight excluding hydrogens is 398 g/mol. The van der Waals surface area contributed by atoms with Crippen molar-refractivity contribution >= 4 is 23.4 Å². The van der Waals surface area contributed by atoms with E-state index in [2.05, 4.69) is 17.1 Å². The highest BCUT2D eigenvalue weighted by Gasteiger charge is 2.35. The molecule has 4 rings (SSSR count). The summed E-state index contributed by atoms with van der Waals surface area (Å²) in [6, 6.07) is 15.7. The van der Waals surface area contributed by atoms with E-state index in [0.29, 0.717) is 31.3 Å². The van der Waals surface area contributed by atoms with E-state index in [1.54, 1.807) is 16.7 Å². The van der Waals surface area contributed by atoms with Gasteiger partial charge in [0.1, 0.15) is 5.75 Å². The van der Waals surface area contributed by atoms with Crippen LogP contribution in [0.5, 0.6) is 5.75 Å². The van der Waals surface area contributed by atoms with E-state index in [0.717, 1.165) is 29.8 Å². The normalized spacial score (nSPS) is 16.3. The molecule has 7 heteroatoms. The number of aromatic nitrogens is 2. The van der Waals surface area contributed by atoms with Crippen LogP contribution in [0.15, 0.2) is 57.9 Å². The second-order valence-electron chi connectivity index (χ2n) is 7.29. The summed E-state index contributed by atoms with van der Waals surface area (Å²) in [6.07, 6.45) is 4.55. The quantitative estimate of drug-likeness (QED) is 0.368. The van der Waals surface area contributed by atoms with Crippen LogP contribution in [0.1, 0.15) is 38.0 Å². The molecule has 1 saturated heterocycles. The summed E-state index contributed by atoms with van der Waals surface area (Å²) in [5.74, 6) is 1.84. The maximum absolute atomic E-state index is 12.6. The monoisotopic (exact) mass is 423 g/mol. The molecule has 1 aliphatic rings. The molecule has 1 aliphatic heterocycles. The largest absolute Gasteiger partial charge is 0.494 e. The van der Waals surface area contributed by atoms with Gasteiger partial charge in [-0.05, 0) is 61.2 Å². The Bertz CT molecular complexity index is 986. The maximum atomic E-state index is 12.6. The summed E-state index contributed by atoms with van der Waals surface area (Å²) >= 11 is 1.68. The number of thioether (sulfide) groups is 1. The maximum Gasteiger partial charge on any atom is 0.232 e. The first-order valence-electron chi connectivity index (χ1n) is 10.2. The van der Waals surface area contributed by atoms with Gasteiger partial charge in [0.2, 0.25) is 17.6 Å². The van der Waals surface area contributed by atoms with Gasteiger partial charge in [-0.1, -0.05) is 18.5 Å². The molecule has 6 nitrogen and oxygen atoms in total. The van der Waals surface area contributed by atoms with Gasteiger partial charge in [-0.25, -0.2) is 0 Å². The van der Waals surface area contributed by atoms with Crippen molar-refractivity contribution in [3.05, 3.63) is 54.4 Å². The van der Waals surface area contributed by atoms with Gasteiger partial charge in [-0.15, -0.1) is 11.8 Å². The molecule has 0 spiro atoms. The van der Waals surface area contributed by atoms with E-state index < -0.39 is 0 Å². The summed E-state index contributed by atoms with van der Waals surface area (Å²) in [4.78, 5) is 20.1. The van der Waals surface area contributed by atoms with Gasteiger partial charge < -0.3 is 14.2 Å². The lowest BCUT2D eigenvalue weighted by Gasteiger charge is -2.16. The van der Waals surface area contributed by atoms with Crippen molar-refractivity contribution in [1.29, 1.82) is 0 Å². The Labute approximate surface area is 180 Å². The molecule has 1 fully saturated rings. The highest BCUT2D eigenvalue weighted by Crippen LogP contribution is 2.33. The van der Waals surface area contributed by atoms with Crippen molar-refractivity contribution < 1.29 is 14.1 Å². The summed E-state index contributed by atoms with van der Waals surface area (Å²) in [6.45, 7) is 3.40. The molecule has 1 aromatic heterocycles. The van der Waals surface area contributed by atoms with Crippen molar-refractivity contribution in [1.82, 2.24) is 10.1 Å². The fourth-order valence-electron chi connectivity index (χ4n) is 3.44. The molecule has 0 radical (unpaired) electrons. The predicted molar refractivity (Wildman–Crippen MR) is 118 cm³/mol. The third kappa shape index (κ3) is 4.51. The number of benzene rings is 2. The number of anilines is 1. The first-order valence-corrected chi connectivity index (χ1v) is 11.4. The van der Waals surface area contributed by atoms with Crippen LogP contribution in [0.2, 0.25) is 0 Å². The smallest absolute Gasteiger partial charge is 0.232 e. The van der Waals surface area contributed by atoms with E-state index in [9.17, 15) is 4.79 Å². The summed E-state index contributed by atoms with van der Waals surface area (Å²) in [5.41, 5.74) is 1.76. The van der Waals surface area contributed by atoms with Crippen molar-refractivity contribution in [2.24, 2.45) is 0 Å². The minimum atomic E-state index is -0.101. The number of carbonyl (C=O) groups excluding carboxylic acids is 1. The van der Waals surface area contributed by atoms with Gasteiger partial charge >= 0.3 is 0 Å². The third-order valence-corrected chi connectivity index (χ3v) is 5.92. The van der Waals surface area contributed by atoms with Gasteiger partial charge in [0, 0.05) is 29.1 Å². The zero-order valence-electron chi connectivity index (χ0n) is 17.2. The van der Waals surface area contributed by atoms with Crippen LogP contribution < -0.4 is 9.64 Å². The third-order valence-electron chi connectivity index (χ3n) is 5.18. The number of hydrogen-bond acceptors (Lipinski definition) is 6. The van der Waals surface area contributed by atoms with E-state index >= 15 is 0 Å². The van der Waals surface area contributed by atoms with Crippen molar-refractivity contribution in [2.45, 2.75) is 37.0 Å². The van der Waals surface area contributed by atoms with Crippen LogP contribution in [0, 0.1) is 0 Å². The molecule has 2 aromatic carbocycles. The topological polar surface area (TPSA) is 68.5 Å². The highest BCUT2D eigenvalue weighted by molar-refractivity contribution is 7.98. The average Bonchev–Trinajstić information content (AvgIpc) is 3.42. The predicted octanol–water partition coefficient (Wildman–Crippen LogP) is 5.16. The first-order chi connectivity index (χ1) is 14.7. The highest BCUT2D eigenvalue weighted by atomic mass is 32.2. The average molecular weight is 424 g/mol. The van der Waals surface area contributed by atoms with Crippen LogP contribution in [-0.2, 0) is 4.79 Å². The molecule has 156 valence electrons. The van der Waals surface area contributed by atoms with Crippen molar-refractivity contribution in [3.63, 3.8) is 0 Å². The molecular formula is C23H25N3O3S. The van der Waals surface area contributed by atoms with Gasteiger partial charge in [0.05, 0.1) is 12.5 Å². The van der Waals surface area contributed by atoms with E-state index in [-0.39, 0.29) is 11.8 Å². The summed E-state index contributed by atoms with van der Waals surface area (Å²) in [5, 5.41) is 4.12. The zero-order chi connectivity index (χ0) is 20.9. The van der Waals surface area contributed by atoms with E-state index in [1.807, 2.05) is 54.8 Å². The molecule has 3 aromatic rings. The number of hydrogen-bond donors (Lipinski definition) is 0. The molecule has 1 unspecified atom stereocenters. The van der Waals surface area contributed by atoms with Crippen molar-refractivity contribution in [3.8, 4) is 17.1 Å². The number of carbonyl (C=O) groups is 1. The lowest BCUT2D eigenvalue weighted by Crippen LogP contribution is -2.24. The number of amides is 1. The van der Waals surface area contributed by atoms with Gasteiger partial charge in [0.25, 0.3) is 0 Å². The van der Waals surface area contributed by atoms with Crippen LogP contribution in [0.25, 0.3) is 11.4 Å². The Kier molecular flexibility index (Phi) is 6.38. The van der Waals surface area contributed by atoms with Crippen LogP contribution in [-0.4, -0.2) is 35.5 Å². The van der Waals surface area contributed by atoms with Crippen LogP contribution in [0.4, 0.5) is 5.69 Å². The van der Waals surface area contributed by atoms with Crippen LogP contribution in [0.3, 0.4) is 0 Å². The van der Waals surface area contributed by atoms with E-state index in [1.165, 1.54) is 4.90 Å². The summed E-state index contributed by atoms with van der Waals surface area (Å²) in [7, 11) is 0. The Balaban J connectivity index is 1.43. The molecule has 1 atom stereocenters. The fraction of sp³-hybridized carbons (Fsp3) is 0.348. The minimum Gasteiger partial charge on any atom is -0.494 e. The zero-order valence-corrected chi connectivity index (χ0v) is 18.0. The standard InChI is InChI=1S/C23H25N3O3S/c1-3-4-13-28-19-9-5-16(6-10-19)22-24-23(29-25-22)17-14-21(27)26(15-17)18-7-11-20(30-2)12-8-18/h5-12,17H,3-4,13-15H2,1-2H3. The Morgan fingerprint density at radius 3 is 2.63 bits per heavy atom. The molecule has 0 bridgehead atoms. The Hall–Kier alpha value is -2.80. The number of unbranched alkanes of at least 4 members (excludes halogenated alkanes) is 1. The van der Waals surface area contributed by atoms with Gasteiger partial charge in [-0.2, -0.15) is 4.98 Å². The molecule has 1 amide bonds. The lowest BCUT2D eigenvalue weighted by atomic mass is 10.1. The minimum absolute atomic E-state index is 0.0743. The molecule has 2 heterocycles. The molecule has 30 heavy (non-hydrogen) atoms. The number of nitrogens with zero attached hydrogens (tertiary/aromatic N) is 3. The van der Waals surface area contributed by atoms with Crippen molar-refractivity contribution in [2.75, 3.05) is 24.3 Å². The molecule has 0 saturated carbocycles. The Morgan fingerprint density at radius 1 is 1.17 bits per heavy atom. The molecule has 0 N–H and O–H groups in total. The number of rotatable bonds is 8. The molecule has 0 aliphatic carbocycles. The van der Waals surface area contributed by atoms with Crippen LogP contribution >= 0.6 is 11.8 Å². The number of ether oxygens (including phenoxy) is 1. The second kappa shape index (κ2) is 9.34. The van der Waals surface area contributed by atoms with Gasteiger partial charge in [0.15, 0.2) is 0 Å². The van der Waals surface area contributed by atoms with E-state index in [4.69, 9.17) is 9.26 Å². The fourth-order valence-corrected chi connectivity index (χ4v) is 3.85.